The standard InChI is InChI=1S/C14H30O4S.C2H6O/c1-3-5-6-7-8-9-10-11-12-13-14-18-19(15,16)17-4-2;1-2-3/h3-14H2,1-2H3;3H,2H2,1H3. The maximum atomic E-state index is 11.0. The van der Waals surface area contributed by atoms with Gasteiger partial charge in [-0.2, -0.15) is 8.42 Å². The third-order valence-corrected chi connectivity index (χ3v) is 3.97. The molecule has 0 rings (SSSR count). The Morgan fingerprint density at radius 2 is 1.14 bits per heavy atom. The molecule has 0 aliphatic rings. The molecule has 0 spiro atoms. The van der Waals surface area contributed by atoms with Crippen LogP contribution in [0.4, 0.5) is 0 Å². The van der Waals surface area contributed by atoms with E-state index >= 15 is 0 Å². The van der Waals surface area contributed by atoms with Gasteiger partial charge in [-0.05, 0) is 20.3 Å². The highest BCUT2D eigenvalue weighted by molar-refractivity contribution is 7.81. The molecule has 6 heteroatoms. The van der Waals surface area contributed by atoms with Crippen molar-refractivity contribution in [3.05, 3.63) is 0 Å². The highest BCUT2D eigenvalue weighted by Gasteiger charge is 2.09. The van der Waals surface area contributed by atoms with Crippen LogP contribution in [-0.4, -0.2) is 33.3 Å². The molecule has 5 nitrogen and oxygen atoms in total. The first-order chi connectivity index (χ1) is 10.5. The maximum Gasteiger partial charge on any atom is 0.399 e. The van der Waals surface area contributed by atoms with Crippen LogP contribution in [0.3, 0.4) is 0 Å². The van der Waals surface area contributed by atoms with Crippen molar-refractivity contribution in [2.24, 2.45) is 0 Å². The summed E-state index contributed by atoms with van der Waals surface area (Å²) in [6.45, 7) is 6.15. The van der Waals surface area contributed by atoms with Crippen molar-refractivity contribution in [1.29, 1.82) is 0 Å². The predicted molar refractivity (Wildman–Crippen MR) is 91.1 cm³/mol. The molecular weight excluding hydrogens is 304 g/mol. The Hall–Kier alpha value is -0.170. The zero-order chi connectivity index (χ0) is 17.1. The van der Waals surface area contributed by atoms with E-state index in [9.17, 15) is 8.42 Å². The van der Waals surface area contributed by atoms with E-state index in [2.05, 4.69) is 11.1 Å². The largest absolute Gasteiger partial charge is 0.399 e. The van der Waals surface area contributed by atoms with Crippen molar-refractivity contribution >= 4 is 10.4 Å². The first-order valence-electron chi connectivity index (χ1n) is 8.68. The Morgan fingerprint density at radius 1 is 0.727 bits per heavy atom. The Balaban J connectivity index is 0. The monoisotopic (exact) mass is 340 g/mol. The van der Waals surface area contributed by atoms with Gasteiger partial charge in [0.1, 0.15) is 0 Å². The summed E-state index contributed by atoms with van der Waals surface area (Å²) in [6.07, 6.45) is 12.2. The number of aliphatic hydroxyl groups excluding tert-OH is 1. The summed E-state index contributed by atoms with van der Waals surface area (Å²) in [4.78, 5) is 0. The lowest BCUT2D eigenvalue weighted by molar-refractivity contribution is 0.218. The van der Waals surface area contributed by atoms with Gasteiger partial charge >= 0.3 is 10.4 Å². The highest BCUT2D eigenvalue weighted by atomic mass is 32.3. The van der Waals surface area contributed by atoms with Gasteiger partial charge in [-0.1, -0.05) is 64.7 Å². The number of hydrogen-bond donors (Lipinski definition) is 1. The molecule has 1 N–H and O–H groups in total. The van der Waals surface area contributed by atoms with E-state index in [4.69, 9.17) is 9.29 Å². The van der Waals surface area contributed by atoms with Crippen LogP contribution in [0.15, 0.2) is 0 Å². The molecule has 0 radical (unpaired) electrons. The zero-order valence-electron chi connectivity index (χ0n) is 14.7. The summed E-state index contributed by atoms with van der Waals surface area (Å²) in [5.74, 6) is 0. The minimum absolute atomic E-state index is 0.125. The minimum atomic E-state index is -3.74. The molecule has 0 aromatic heterocycles. The van der Waals surface area contributed by atoms with Gasteiger partial charge in [0.2, 0.25) is 0 Å². The second-order valence-electron chi connectivity index (χ2n) is 5.13. The molecule has 22 heavy (non-hydrogen) atoms. The molecule has 0 saturated carbocycles. The van der Waals surface area contributed by atoms with Gasteiger partial charge in [-0.15, -0.1) is 0 Å². The third-order valence-electron chi connectivity index (χ3n) is 2.99. The molecule has 0 bridgehead atoms. The number of aliphatic hydroxyl groups is 1. The lowest BCUT2D eigenvalue weighted by Crippen LogP contribution is -2.10. The first kappa shape index (κ1) is 24.1. The molecule has 0 heterocycles. The molecule has 0 aliphatic carbocycles. The van der Waals surface area contributed by atoms with E-state index in [1.54, 1.807) is 13.8 Å². The van der Waals surface area contributed by atoms with Crippen LogP contribution in [0.5, 0.6) is 0 Å². The first-order valence-corrected chi connectivity index (χ1v) is 10.0. The summed E-state index contributed by atoms with van der Waals surface area (Å²) >= 11 is 0. The minimum Gasteiger partial charge on any atom is -0.397 e. The van der Waals surface area contributed by atoms with Gasteiger partial charge in [-0.25, -0.2) is 8.37 Å². The van der Waals surface area contributed by atoms with E-state index in [0.29, 0.717) is 0 Å². The van der Waals surface area contributed by atoms with Crippen molar-refractivity contribution in [2.45, 2.75) is 85.0 Å². The van der Waals surface area contributed by atoms with Gasteiger partial charge in [0.15, 0.2) is 0 Å². The van der Waals surface area contributed by atoms with Crippen LogP contribution in [-0.2, 0) is 18.8 Å². The molecule has 0 aliphatic heterocycles. The van der Waals surface area contributed by atoms with E-state index in [1.807, 2.05) is 0 Å². The summed E-state index contributed by atoms with van der Waals surface area (Å²) in [5.41, 5.74) is 0. The number of unbranched alkanes of at least 4 members (excludes halogenated alkanes) is 9. The van der Waals surface area contributed by atoms with Crippen LogP contribution in [0.25, 0.3) is 0 Å². The zero-order valence-corrected chi connectivity index (χ0v) is 15.5. The van der Waals surface area contributed by atoms with Crippen LogP contribution < -0.4 is 0 Å². The predicted octanol–water partition coefficient (Wildman–Crippen LogP) is 4.20. The van der Waals surface area contributed by atoms with E-state index in [-0.39, 0.29) is 19.8 Å². The van der Waals surface area contributed by atoms with Crippen LogP contribution in [0.1, 0.15) is 85.0 Å². The molecule has 0 unspecified atom stereocenters. The SMILES string of the molecule is CCCCCCCCCCCCOS(=O)(=O)OCC.CCO. The highest BCUT2D eigenvalue weighted by Crippen LogP contribution is 2.10. The Bertz CT molecular complexity index is 291. The third kappa shape index (κ3) is 22.1. The van der Waals surface area contributed by atoms with Crippen LogP contribution in [0.2, 0.25) is 0 Å². The van der Waals surface area contributed by atoms with Crippen molar-refractivity contribution < 1.29 is 21.9 Å². The summed E-state index contributed by atoms with van der Waals surface area (Å²) < 4.78 is 31.3. The second kappa shape index (κ2) is 18.9. The van der Waals surface area contributed by atoms with Gasteiger partial charge in [0, 0.05) is 6.61 Å². The average molecular weight is 341 g/mol. The molecular formula is C16H36O5S. The smallest absolute Gasteiger partial charge is 0.397 e. The molecule has 0 aromatic carbocycles. The Morgan fingerprint density at radius 3 is 1.55 bits per heavy atom. The quantitative estimate of drug-likeness (QED) is 0.480. The fraction of sp³-hybridized carbons (Fsp3) is 1.00. The number of rotatable bonds is 14. The van der Waals surface area contributed by atoms with Crippen molar-refractivity contribution in [1.82, 2.24) is 0 Å². The lowest BCUT2D eigenvalue weighted by Gasteiger charge is -2.04. The average Bonchev–Trinajstić information content (AvgIpc) is 2.45. The van der Waals surface area contributed by atoms with E-state index in [1.165, 1.54) is 44.9 Å². The van der Waals surface area contributed by atoms with Gasteiger partial charge < -0.3 is 5.11 Å². The molecule has 0 saturated heterocycles. The fourth-order valence-electron chi connectivity index (χ4n) is 1.93. The Labute approximate surface area is 137 Å². The molecule has 136 valence electrons. The van der Waals surface area contributed by atoms with Crippen molar-refractivity contribution in [3.8, 4) is 0 Å². The Kier molecular flexibility index (Phi) is 20.7. The fourth-order valence-corrected chi connectivity index (χ4v) is 2.61. The van der Waals surface area contributed by atoms with Gasteiger partial charge in [0.25, 0.3) is 0 Å². The second-order valence-corrected chi connectivity index (χ2v) is 6.42. The molecule has 0 fully saturated rings. The molecule has 0 amide bonds. The normalized spacial score (nSPS) is 11.1. The summed E-state index contributed by atoms with van der Waals surface area (Å²) in [6, 6.07) is 0. The van der Waals surface area contributed by atoms with Crippen molar-refractivity contribution in [3.63, 3.8) is 0 Å². The van der Waals surface area contributed by atoms with Crippen molar-refractivity contribution in [2.75, 3.05) is 19.8 Å². The van der Waals surface area contributed by atoms with Crippen LogP contribution in [0, 0.1) is 0 Å². The summed E-state index contributed by atoms with van der Waals surface area (Å²) in [5, 5.41) is 7.57. The molecule has 0 aromatic rings. The molecule has 0 atom stereocenters. The van der Waals surface area contributed by atoms with E-state index < -0.39 is 10.4 Å². The topological polar surface area (TPSA) is 72.8 Å². The maximum absolute atomic E-state index is 11.0. The lowest BCUT2D eigenvalue weighted by atomic mass is 10.1. The summed E-state index contributed by atoms with van der Waals surface area (Å²) in [7, 11) is -3.74. The van der Waals surface area contributed by atoms with Gasteiger partial charge in [-0.3, -0.25) is 0 Å². The van der Waals surface area contributed by atoms with Gasteiger partial charge in [0.05, 0.1) is 13.2 Å². The van der Waals surface area contributed by atoms with E-state index in [0.717, 1.165) is 19.3 Å². The number of hydrogen-bond acceptors (Lipinski definition) is 5. The van der Waals surface area contributed by atoms with Crippen LogP contribution >= 0.6 is 0 Å².